The van der Waals surface area contributed by atoms with Crippen LogP contribution in [0.5, 0.6) is 0 Å². The largest absolute Gasteiger partial charge is 0.388 e. The van der Waals surface area contributed by atoms with Crippen molar-refractivity contribution in [1.82, 2.24) is 20.5 Å². The standard InChI is InChI=1S/C10H18N4O2/c1-4-10(16,5-2)6-11-9(15)8-12-7(3)13-14-8/h16H,4-6H2,1-3H3,(H,11,15)(H,12,13,14). The van der Waals surface area contributed by atoms with Crippen molar-refractivity contribution in [3.05, 3.63) is 11.6 Å². The highest BCUT2D eigenvalue weighted by atomic mass is 16.3. The molecule has 0 aromatic carbocycles. The highest BCUT2D eigenvalue weighted by molar-refractivity contribution is 5.90. The van der Waals surface area contributed by atoms with Gasteiger partial charge in [0.2, 0.25) is 5.82 Å². The Bertz CT molecular complexity index is 357. The maximum atomic E-state index is 11.6. The van der Waals surface area contributed by atoms with E-state index in [0.29, 0.717) is 18.7 Å². The zero-order chi connectivity index (χ0) is 12.2. The number of hydrogen-bond donors (Lipinski definition) is 3. The lowest BCUT2D eigenvalue weighted by molar-refractivity contribution is 0.0312. The summed E-state index contributed by atoms with van der Waals surface area (Å²) in [5, 5.41) is 18.9. The fraction of sp³-hybridized carbons (Fsp3) is 0.700. The van der Waals surface area contributed by atoms with E-state index in [1.165, 1.54) is 0 Å². The number of aryl methyl sites for hydroxylation is 1. The van der Waals surface area contributed by atoms with Gasteiger partial charge >= 0.3 is 0 Å². The molecule has 0 aliphatic heterocycles. The Labute approximate surface area is 94.5 Å². The van der Waals surface area contributed by atoms with Crippen molar-refractivity contribution < 1.29 is 9.90 Å². The van der Waals surface area contributed by atoms with Crippen molar-refractivity contribution in [3.8, 4) is 0 Å². The molecule has 0 unspecified atom stereocenters. The van der Waals surface area contributed by atoms with Gasteiger partial charge in [0.25, 0.3) is 5.91 Å². The van der Waals surface area contributed by atoms with Crippen LogP contribution >= 0.6 is 0 Å². The molecular formula is C10H18N4O2. The average Bonchev–Trinajstić information content (AvgIpc) is 2.72. The van der Waals surface area contributed by atoms with Crippen LogP contribution in [0.3, 0.4) is 0 Å². The molecule has 0 fully saturated rings. The fourth-order valence-corrected chi connectivity index (χ4v) is 1.27. The number of amides is 1. The average molecular weight is 226 g/mol. The first-order valence-electron chi connectivity index (χ1n) is 5.40. The van der Waals surface area contributed by atoms with Crippen molar-refractivity contribution in [2.24, 2.45) is 0 Å². The molecule has 16 heavy (non-hydrogen) atoms. The molecule has 0 spiro atoms. The Morgan fingerprint density at radius 3 is 2.56 bits per heavy atom. The molecule has 0 aliphatic carbocycles. The molecule has 6 nitrogen and oxygen atoms in total. The summed E-state index contributed by atoms with van der Waals surface area (Å²) in [7, 11) is 0. The van der Waals surface area contributed by atoms with E-state index >= 15 is 0 Å². The molecular weight excluding hydrogens is 208 g/mol. The second-order valence-electron chi connectivity index (χ2n) is 3.86. The first kappa shape index (κ1) is 12.6. The third-order valence-corrected chi connectivity index (χ3v) is 2.69. The van der Waals surface area contributed by atoms with E-state index < -0.39 is 5.60 Å². The van der Waals surface area contributed by atoms with E-state index in [-0.39, 0.29) is 18.3 Å². The highest BCUT2D eigenvalue weighted by Crippen LogP contribution is 2.12. The summed E-state index contributed by atoms with van der Waals surface area (Å²) in [5.41, 5.74) is -0.846. The monoisotopic (exact) mass is 226 g/mol. The van der Waals surface area contributed by atoms with E-state index in [2.05, 4.69) is 20.5 Å². The highest BCUT2D eigenvalue weighted by Gasteiger charge is 2.23. The third kappa shape index (κ3) is 3.03. The number of carbonyl (C=O) groups is 1. The summed E-state index contributed by atoms with van der Waals surface area (Å²) < 4.78 is 0. The van der Waals surface area contributed by atoms with Gasteiger partial charge in [0.1, 0.15) is 5.82 Å². The number of aliphatic hydroxyl groups is 1. The van der Waals surface area contributed by atoms with Crippen LogP contribution in [0, 0.1) is 6.92 Å². The van der Waals surface area contributed by atoms with Gasteiger partial charge in [0, 0.05) is 6.54 Å². The second-order valence-corrected chi connectivity index (χ2v) is 3.86. The van der Waals surface area contributed by atoms with Gasteiger partial charge in [-0.25, -0.2) is 4.98 Å². The number of nitrogens with one attached hydrogen (secondary N) is 2. The van der Waals surface area contributed by atoms with Gasteiger partial charge < -0.3 is 10.4 Å². The minimum Gasteiger partial charge on any atom is -0.388 e. The van der Waals surface area contributed by atoms with Gasteiger partial charge in [-0.1, -0.05) is 13.8 Å². The predicted octanol–water partition coefficient (Wildman–Crippen LogP) is 0.394. The molecule has 0 aliphatic rings. The normalized spacial score (nSPS) is 11.5. The van der Waals surface area contributed by atoms with Gasteiger partial charge in [-0.3, -0.25) is 9.89 Å². The number of aromatic amines is 1. The molecule has 0 bridgehead atoms. The zero-order valence-electron chi connectivity index (χ0n) is 9.87. The number of nitrogens with zero attached hydrogens (tertiary/aromatic N) is 2. The molecule has 1 aromatic rings. The maximum Gasteiger partial charge on any atom is 0.291 e. The quantitative estimate of drug-likeness (QED) is 0.677. The molecule has 0 saturated heterocycles. The van der Waals surface area contributed by atoms with Gasteiger partial charge in [-0.05, 0) is 19.8 Å². The zero-order valence-corrected chi connectivity index (χ0v) is 9.87. The second kappa shape index (κ2) is 5.07. The van der Waals surface area contributed by atoms with Crippen LogP contribution < -0.4 is 5.32 Å². The van der Waals surface area contributed by atoms with Crippen molar-refractivity contribution in [2.45, 2.75) is 39.2 Å². The Morgan fingerprint density at radius 1 is 1.50 bits per heavy atom. The van der Waals surface area contributed by atoms with Crippen molar-refractivity contribution in [1.29, 1.82) is 0 Å². The Kier molecular flexibility index (Phi) is 4.00. The van der Waals surface area contributed by atoms with Crippen molar-refractivity contribution in [2.75, 3.05) is 6.54 Å². The Balaban J connectivity index is 2.53. The minimum absolute atomic E-state index is 0.104. The van der Waals surface area contributed by atoms with E-state index in [0.717, 1.165) is 0 Å². The number of hydrogen-bond acceptors (Lipinski definition) is 4. The first-order valence-corrected chi connectivity index (χ1v) is 5.40. The van der Waals surface area contributed by atoms with Crippen LogP contribution in [0.2, 0.25) is 0 Å². The summed E-state index contributed by atoms with van der Waals surface area (Å²) in [6.07, 6.45) is 1.19. The van der Waals surface area contributed by atoms with E-state index in [1.54, 1.807) is 6.92 Å². The van der Waals surface area contributed by atoms with Gasteiger partial charge in [0.15, 0.2) is 0 Å². The lowest BCUT2D eigenvalue weighted by Gasteiger charge is -2.24. The van der Waals surface area contributed by atoms with Crippen LogP contribution in [-0.4, -0.2) is 38.3 Å². The van der Waals surface area contributed by atoms with Crippen molar-refractivity contribution >= 4 is 5.91 Å². The number of aromatic nitrogens is 3. The number of carbonyl (C=O) groups excluding carboxylic acids is 1. The van der Waals surface area contributed by atoms with Gasteiger partial charge in [0.05, 0.1) is 5.60 Å². The molecule has 6 heteroatoms. The van der Waals surface area contributed by atoms with Crippen LogP contribution in [0.15, 0.2) is 0 Å². The SMILES string of the molecule is CCC(O)(CC)CNC(=O)c1n[nH]c(C)n1. The summed E-state index contributed by atoms with van der Waals surface area (Å²) in [4.78, 5) is 15.5. The number of H-pyrrole nitrogens is 1. The van der Waals surface area contributed by atoms with E-state index in [1.807, 2.05) is 13.8 Å². The van der Waals surface area contributed by atoms with Crippen molar-refractivity contribution in [3.63, 3.8) is 0 Å². The fourth-order valence-electron chi connectivity index (χ4n) is 1.27. The third-order valence-electron chi connectivity index (χ3n) is 2.69. The van der Waals surface area contributed by atoms with E-state index in [4.69, 9.17) is 0 Å². The molecule has 1 heterocycles. The summed E-state index contributed by atoms with van der Waals surface area (Å²) in [6.45, 7) is 5.70. The van der Waals surface area contributed by atoms with Gasteiger partial charge in [-0.15, -0.1) is 5.10 Å². The maximum absolute atomic E-state index is 11.6. The minimum atomic E-state index is -0.846. The Hall–Kier alpha value is -1.43. The first-order chi connectivity index (χ1) is 7.50. The summed E-state index contributed by atoms with van der Waals surface area (Å²) in [5.74, 6) is 0.322. The Morgan fingerprint density at radius 2 is 2.12 bits per heavy atom. The van der Waals surface area contributed by atoms with Crippen LogP contribution in [0.1, 0.15) is 43.1 Å². The molecule has 1 aromatic heterocycles. The molecule has 0 radical (unpaired) electrons. The lowest BCUT2D eigenvalue weighted by atomic mass is 9.98. The lowest BCUT2D eigenvalue weighted by Crippen LogP contribution is -2.42. The molecule has 90 valence electrons. The van der Waals surface area contributed by atoms with Crippen LogP contribution in [0.25, 0.3) is 0 Å². The smallest absolute Gasteiger partial charge is 0.291 e. The molecule has 1 rings (SSSR count). The molecule has 0 saturated carbocycles. The summed E-state index contributed by atoms with van der Waals surface area (Å²) in [6, 6.07) is 0. The molecule has 0 atom stereocenters. The molecule has 3 N–H and O–H groups in total. The number of rotatable bonds is 5. The molecule has 1 amide bonds. The van der Waals surface area contributed by atoms with Crippen LogP contribution in [0.4, 0.5) is 0 Å². The van der Waals surface area contributed by atoms with Crippen LogP contribution in [-0.2, 0) is 0 Å². The van der Waals surface area contributed by atoms with E-state index in [9.17, 15) is 9.90 Å². The predicted molar refractivity (Wildman–Crippen MR) is 59.0 cm³/mol. The van der Waals surface area contributed by atoms with Gasteiger partial charge in [-0.2, -0.15) is 0 Å². The summed E-state index contributed by atoms with van der Waals surface area (Å²) >= 11 is 0. The topological polar surface area (TPSA) is 90.9 Å².